The molecule has 2 N–H and O–H groups in total. The highest BCUT2D eigenvalue weighted by molar-refractivity contribution is 5.95. The first-order valence-electron chi connectivity index (χ1n) is 10.6. The highest BCUT2D eigenvalue weighted by Crippen LogP contribution is 2.44. The summed E-state index contributed by atoms with van der Waals surface area (Å²) in [6.07, 6.45) is 5.15. The summed E-state index contributed by atoms with van der Waals surface area (Å²) in [5, 5.41) is 12.9. The molecule has 1 aliphatic carbocycles. The van der Waals surface area contributed by atoms with E-state index >= 15 is 0 Å². The molecule has 0 aromatic heterocycles. The minimum absolute atomic E-state index is 0.00791. The molecule has 2 aliphatic rings. The van der Waals surface area contributed by atoms with E-state index in [4.69, 9.17) is 4.74 Å². The molecule has 1 heterocycles. The van der Waals surface area contributed by atoms with Crippen molar-refractivity contribution in [3.63, 3.8) is 0 Å². The van der Waals surface area contributed by atoms with E-state index in [1.54, 1.807) is 0 Å². The first-order chi connectivity index (χ1) is 13.6. The SMILES string of the molecule is C=CCCC(C)C[C@@H](C)CC(=O)N1C[C@H](O)C[C@H]1C(=O)N[C@]1(C(=O)OC)C[C@H]1C. The number of nitrogens with zero attached hydrogens (tertiary/aromatic N) is 1. The summed E-state index contributed by atoms with van der Waals surface area (Å²) in [6.45, 7) is 9.98. The van der Waals surface area contributed by atoms with Crippen LogP contribution in [0.4, 0.5) is 0 Å². The van der Waals surface area contributed by atoms with E-state index in [0.29, 0.717) is 18.8 Å². The van der Waals surface area contributed by atoms with Crippen molar-refractivity contribution in [2.24, 2.45) is 17.8 Å². The van der Waals surface area contributed by atoms with Crippen LogP contribution in [0.5, 0.6) is 0 Å². The Morgan fingerprint density at radius 2 is 2.00 bits per heavy atom. The summed E-state index contributed by atoms with van der Waals surface area (Å²) in [5.41, 5.74) is -0.998. The fourth-order valence-electron chi connectivity index (χ4n) is 4.46. The van der Waals surface area contributed by atoms with Gasteiger partial charge in [-0.05, 0) is 43.4 Å². The van der Waals surface area contributed by atoms with Gasteiger partial charge in [0.25, 0.3) is 0 Å². The molecule has 2 amide bonds. The minimum Gasteiger partial charge on any atom is -0.467 e. The average Bonchev–Trinajstić information content (AvgIpc) is 3.13. The lowest BCUT2D eigenvalue weighted by Gasteiger charge is -2.27. The van der Waals surface area contributed by atoms with Crippen LogP contribution >= 0.6 is 0 Å². The van der Waals surface area contributed by atoms with Gasteiger partial charge in [0.1, 0.15) is 11.6 Å². The predicted octanol–water partition coefficient (Wildman–Crippen LogP) is 2.03. The smallest absolute Gasteiger partial charge is 0.331 e. The van der Waals surface area contributed by atoms with Gasteiger partial charge in [-0.15, -0.1) is 6.58 Å². The lowest BCUT2D eigenvalue weighted by molar-refractivity contribution is -0.148. The summed E-state index contributed by atoms with van der Waals surface area (Å²) in [5.74, 6) is -0.301. The number of ether oxygens (including phenoxy) is 1. The van der Waals surface area contributed by atoms with E-state index in [1.165, 1.54) is 12.0 Å². The van der Waals surface area contributed by atoms with Gasteiger partial charge in [0.05, 0.1) is 13.2 Å². The first-order valence-corrected chi connectivity index (χ1v) is 10.6. The Morgan fingerprint density at radius 1 is 1.34 bits per heavy atom. The summed E-state index contributed by atoms with van der Waals surface area (Å²) < 4.78 is 4.83. The Balaban J connectivity index is 1.96. The normalized spacial score (nSPS) is 30.4. The second-order valence-corrected chi connectivity index (χ2v) is 9.02. The number of carbonyl (C=O) groups excluding carboxylic acids is 3. The number of esters is 1. The van der Waals surface area contributed by atoms with Crippen molar-refractivity contribution in [2.75, 3.05) is 13.7 Å². The van der Waals surface area contributed by atoms with Crippen molar-refractivity contribution in [1.29, 1.82) is 0 Å². The van der Waals surface area contributed by atoms with Crippen molar-refractivity contribution < 1.29 is 24.2 Å². The molecule has 1 saturated carbocycles. The molecule has 164 valence electrons. The van der Waals surface area contributed by atoms with Crippen LogP contribution < -0.4 is 5.32 Å². The maximum atomic E-state index is 12.9. The molecule has 29 heavy (non-hydrogen) atoms. The maximum Gasteiger partial charge on any atom is 0.331 e. The first kappa shape index (κ1) is 23.4. The standard InChI is InChI=1S/C22H36N2O5/c1-6-7-8-14(2)9-15(3)10-19(26)24-13-17(25)11-18(24)20(27)23-22(12-16(22)4)21(28)29-5/h6,14-18,25H,1,7-13H2,2-5H3,(H,23,27)/t14?,15-,16-,17-,18+,22-/m1/s1. The molecule has 1 aliphatic heterocycles. The van der Waals surface area contributed by atoms with Gasteiger partial charge >= 0.3 is 5.97 Å². The zero-order valence-corrected chi connectivity index (χ0v) is 18.1. The molecule has 0 aromatic carbocycles. The van der Waals surface area contributed by atoms with E-state index in [9.17, 15) is 19.5 Å². The number of aliphatic hydroxyl groups is 1. The van der Waals surface area contributed by atoms with Crippen LogP contribution in [0.3, 0.4) is 0 Å². The number of rotatable bonds is 10. The summed E-state index contributed by atoms with van der Waals surface area (Å²) in [4.78, 5) is 39.3. The fourth-order valence-corrected chi connectivity index (χ4v) is 4.46. The van der Waals surface area contributed by atoms with E-state index in [2.05, 4.69) is 18.8 Å². The monoisotopic (exact) mass is 408 g/mol. The number of methoxy groups -OCH3 is 1. The molecular weight excluding hydrogens is 372 g/mol. The van der Waals surface area contributed by atoms with Gasteiger partial charge in [-0.1, -0.05) is 26.8 Å². The molecule has 1 saturated heterocycles. The fraction of sp³-hybridized carbons (Fsp3) is 0.773. The molecule has 0 bridgehead atoms. The van der Waals surface area contributed by atoms with Crippen LogP contribution in [-0.2, 0) is 19.1 Å². The third kappa shape index (κ3) is 5.59. The Kier molecular flexibility index (Phi) is 7.86. The van der Waals surface area contributed by atoms with Gasteiger partial charge in [0.15, 0.2) is 0 Å². The highest BCUT2D eigenvalue weighted by atomic mass is 16.5. The lowest BCUT2D eigenvalue weighted by Crippen LogP contribution is -2.53. The second kappa shape index (κ2) is 9.74. The molecule has 6 atom stereocenters. The molecule has 1 unspecified atom stereocenters. The van der Waals surface area contributed by atoms with Crippen LogP contribution in [0.1, 0.15) is 59.3 Å². The van der Waals surface area contributed by atoms with Crippen LogP contribution in [0, 0.1) is 17.8 Å². The number of likely N-dealkylation sites (tertiary alicyclic amines) is 1. The molecule has 2 fully saturated rings. The largest absolute Gasteiger partial charge is 0.467 e. The molecule has 7 heteroatoms. The third-order valence-corrected chi connectivity index (χ3v) is 6.30. The summed E-state index contributed by atoms with van der Waals surface area (Å²) >= 11 is 0. The zero-order valence-electron chi connectivity index (χ0n) is 18.1. The summed E-state index contributed by atoms with van der Waals surface area (Å²) in [7, 11) is 1.30. The minimum atomic E-state index is -0.998. The topological polar surface area (TPSA) is 95.9 Å². The molecule has 0 radical (unpaired) electrons. The molecular formula is C22H36N2O5. The van der Waals surface area contributed by atoms with Crippen molar-refractivity contribution in [1.82, 2.24) is 10.2 Å². The average molecular weight is 409 g/mol. The Labute approximate surface area is 173 Å². The van der Waals surface area contributed by atoms with Crippen LogP contribution in [0.2, 0.25) is 0 Å². The van der Waals surface area contributed by atoms with Crippen molar-refractivity contribution in [2.45, 2.75) is 77.0 Å². The quantitative estimate of drug-likeness (QED) is 0.426. The molecule has 7 nitrogen and oxygen atoms in total. The van der Waals surface area contributed by atoms with E-state index in [1.807, 2.05) is 19.9 Å². The van der Waals surface area contributed by atoms with Crippen LogP contribution in [0.15, 0.2) is 12.7 Å². The number of hydrogen-bond donors (Lipinski definition) is 2. The number of hydrogen-bond acceptors (Lipinski definition) is 5. The Hall–Kier alpha value is -1.89. The number of β-amino-alcohol motifs (C(OH)–C–C–N with tert-alkyl or cyclic N) is 1. The van der Waals surface area contributed by atoms with Crippen LogP contribution in [0.25, 0.3) is 0 Å². The Bertz CT molecular complexity index is 637. The molecule has 0 aromatic rings. The number of allylic oxidation sites excluding steroid dienone is 1. The van der Waals surface area contributed by atoms with Crippen molar-refractivity contribution >= 4 is 17.8 Å². The third-order valence-electron chi connectivity index (χ3n) is 6.30. The van der Waals surface area contributed by atoms with Gasteiger partial charge in [-0.3, -0.25) is 9.59 Å². The second-order valence-electron chi connectivity index (χ2n) is 9.02. The highest BCUT2D eigenvalue weighted by Gasteiger charge is 2.60. The van der Waals surface area contributed by atoms with Crippen molar-refractivity contribution in [3.05, 3.63) is 12.7 Å². The number of nitrogens with one attached hydrogen (secondary N) is 1. The van der Waals surface area contributed by atoms with Crippen LogP contribution in [-0.4, -0.2) is 59.1 Å². The Morgan fingerprint density at radius 3 is 2.55 bits per heavy atom. The van der Waals surface area contributed by atoms with Gasteiger partial charge in [0.2, 0.25) is 11.8 Å². The van der Waals surface area contributed by atoms with E-state index in [0.717, 1.165) is 19.3 Å². The van der Waals surface area contributed by atoms with Gasteiger partial charge in [0, 0.05) is 19.4 Å². The van der Waals surface area contributed by atoms with Gasteiger partial charge in [-0.25, -0.2) is 4.79 Å². The molecule has 2 rings (SSSR count). The van der Waals surface area contributed by atoms with Gasteiger partial charge in [-0.2, -0.15) is 0 Å². The van der Waals surface area contributed by atoms with E-state index < -0.39 is 29.6 Å². The maximum absolute atomic E-state index is 12.9. The number of aliphatic hydroxyl groups excluding tert-OH is 1. The number of carbonyl (C=O) groups is 3. The molecule has 0 spiro atoms. The van der Waals surface area contributed by atoms with E-state index in [-0.39, 0.29) is 30.7 Å². The zero-order chi connectivity index (χ0) is 21.8. The predicted molar refractivity (Wildman–Crippen MR) is 110 cm³/mol. The van der Waals surface area contributed by atoms with Gasteiger partial charge < -0.3 is 20.1 Å². The number of amides is 2. The van der Waals surface area contributed by atoms with Crippen molar-refractivity contribution in [3.8, 4) is 0 Å². The lowest BCUT2D eigenvalue weighted by atomic mass is 9.91. The summed E-state index contributed by atoms with van der Waals surface area (Å²) in [6, 6.07) is -0.753.